The molecule has 1 saturated heterocycles. The highest BCUT2D eigenvalue weighted by Crippen LogP contribution is 2.26. The molecule has 25 heavy (non-hydrogen) atoms. The van der Waals surface area contributed by atoms with E-state index in [1.54, 1.807) is 30.2 Å². The Morgan fingerprint density at radius 1 is 1.40 bits per heavy atom. The number of urea groups is 1. The smallest absolute Gasteiger partial charge is 0.327 e. The van der Waals surface area contributed by atoms with Gasteiger partial charge in [-0.1, -0.05) is 18.2 Å². The maximum Gasteiger partial charge on any atom is 0.327 e. The first-order valence-corrected chi connectivity index (χ1v) is 8.44. The standard InChI is InChI=1S/C18H23N5O2/c1-21-17(24)9-16(22-8-4-7-15(20)12-22)23(18(21)25)11-14-6-3-2-5-13(14)10-19/h2-3,5-6,9,15,17,24H,4,7-8,11-12,20H2,1H3/t15-,17?/m1/s1. The van der Waals surface area contributed by atoms with Gasteiger partial charge in [-0.2, -0.15) is 5.26 Å². The first-order valence-electron chi connectivity index (χ1n) is 8.44. The lowest BCUT2D eigenvalue weighted by Crippen LogP contribution is -2.54. The van der Waals surface area contributed by atoms with Crippen LogP contribution in [0, 0.1) is 11.3 Å². The topological polar surface area (TPSA) is 96.8 Å². The van der Waals surface area contributed by atoms with Gasteiger partial charge in [0.25, 0.3) is 0 Å². The molecule has 0 radical (unpaired) electrons. The van der Waals surface area contributed by atoms with Crippen molar-refractivity contribution in [2.45, 2.75) is 31.7 Å². The zero-order valence-corrected chi connectivity index (χ0v) is 14.3. The van der Waals surface area contributed by atoms with Gasteiger partial charge in [-0.15, -0.1) is 0 Å². The number of amides is 2. The number of benzene rings is 1. The van der Waals surface area contributed by atoms with E-state index in [9.17, 15) is 15.2 Å². The average molecular weight is 341 g/mol. The molecule has 3 N–H and O–H groups in total. The number of likely N-dealkylation sites (tertiary alicyclic amines) is 1. The number of carbonyl (C=O) groups is 1. The lowest BCUT2D eigenvalue weighted by atomic mass is 10.1. The summed E-state index contributed by atoms with van der Waals surface area (Å²) in [6.07, 6.45) is 2.61. The molecule has 1 aromatic carbocycles. The highest BCUT2D eigenvalue weighted by atomic mass is 16.3. The highest BCUT2D eigenvalue weighted by molar-refractivity contribution is 5.78. The molecule has 7 nitrogen and oxygen atoms in total. The number of hydrogen-bond acceptors (Lipinski definition) is 5. The van der Waals surface area contributed by atoms with E-state index in [1.165, 1.54) is 4.90 Å². The fourth-order valence-electron chi connectivity index (χ4n) is 3.32. The molecule has 0 bridgehead atoms. The quantitative estimate of drug-likeness (QED) is 0.855. The number of piperidine rings is 1. The van der Waals surface area contributed by atoms with E-state index < -0.39 is 6.23 Å². The molecule has 0 spiro atoms. The maximum atomic E-state index is 12.8. The van der Waals surface area contributed by atoms with Crippen LogP contribution < -0.4 is 5.73 Å². The summed E-state index contributed by atoms with van der Waals surface area (Å²) in [5, 5.41) is 19.5. The number of aliphatic hydroxyl groups excluding tert-OH is 1. The van der Waals surface area contributed by atoms with Crippen LogP contribution in [0.5, 0.6) is 0 Å². The van der Waals surface area contributed by atoms with E-state index in [0.717, 1.165) is 24.9 Å². The van der Waals surface area contributed by atoms with Gasteiger partial charge in [0.1, 0.15) is 5.82 Å². The summed E-state index contributed by atoms with van der Waals surface area (Å²) < 4.78 is 0. The molecule has 2 aliphatic rings. The summed E-state index contributed by atoms with van der Waals surface area (Å²) in [7, 11) is 1.56. The summed E-state index contributed by atoms with van der Waals surface area (Å²) in [4.78, 5) is 17.7. The first kappa shape index (κ1) is 17.3. The Morgan fingerprint density at radius 2 is 2.16 bits per heavy atom. The van der Waals surface area contributed by atoms with Gasteiger partial charge in [-0.3, -0.25) is 9.80 Å². The van der Waals surface area contributed by atoms with Crippen LogP contribution in [-0.4, -0.2) is 58.2 Å². The van der Waals surface area contributed by atoms with Crippen LogP contribution in [0.2, 0.25) is 0 Å². The van der Waals surface area contributed by atoms with Crippen molar-refractivity contribution < 1.29 is 9.90 Å². The van der Waals surface area contributed by atoms with Gasteiger partial charge >= 0.3 is 6.03 Å². The predicted octanol–water partition coefficient (Wildman–Crippen LogP) is 1.01. The summed E-state index contributed by atoms with van der Waals surface area (Å²) in [5.41, 5.74) is 7.40. The molecule has 1 fully saturated rings. The number of likely N-dealkylation sites (N-methyl/N-ethyl adjacent to an activating group) is 1. The van der Waals surface area contributed by atoms with E-state index >= 15 is 0 Å². The lowest BCUT2D eigenvalue weighted by Gasteiger charge is -2.43. The monoisotopic (exact) mass is 341 g/mol. The van der Waals surface area contributed by atoms with Crippen molar-refractivity contribution in [3.63, 3.8) is 0 Å². The van der Waals surface area contributed by atoms with Crippen molar-refractivity contribution in [1.29, 1.82) is 5.26 Å². The lowest BCUT2D eigenvalue weighted by molar-refractivity contribution is 0.0418. The van der Waals surface area contributed by atoms with Gasteiger partial charge in [0.2, 0.25) is 0 Å². The molecule has 3 rings (SSSR count). The van der Waals surface area contributed by atoms with E-state index in [2.05, 4.69) is 11.0 Å². The molecule has 2 aliphatic heterocycles. The van der Waals surface area contributed by atoms with Crippen molar-refractivity contribution in [1.82, 2.24) is 14.7 Å². The van der Waals surface area contributed by atoms with Crippen molar-refractivity contribution >= 4 is 6.03 Å². The van der Waals surface area contributed by atoms with E-state index in [4.69, 9.17) is 5.73 Å². The molecule has 2 heterocycles. The number of aliphatic hydroxyl groups is 1. The van der Waals surface area contributed by atoms with Gasteiger partial charge in [0.05, 0.1) is 18.2 Å². The molecule has 0 aromatic heterocycles. The van der Waals surface area contributed by atoms with Crippen molar-refractivity contribution in [3.05, 3.63) is 47.3 Å². The van der Waals surface area contributed by atoms with Crippen LogP contribution in [0.25, 0.3) is 0 Å². The molecule has 0 aliphatic carbocycles. The Morgan fingerprint density at radius 3 is 2.88 bits per heavy atom. The molecule has 1 unspecified atom stereocenters. The minimum atomic E-state index is -0.969. The predicted molar refractivity (Wildman–Crippen MR) is 92.7 cm³/mol. The number of rotatable bonds is 3. The first-order chi connectivity index (χ1) is 12.0. The molecule has 2 atom stereocenters. The van der Waals surface area contributed by atoms with Crippen LogP contribution in [-0.2, 0) is 6.54 Å². The molecule has 2 amide bonds. The van der Waals surface area contributed by atoms with Crippen LogP contribution in [0.1, 0.15) is 24.0 Å². The fraction of sp³-hybridized carbons (Fsp3) is 0.444. The van der Waals surface area contributed by atoms with Gasteiger partial charge < -0.3 is 15.7 Å². The summed E-state index contributed by atoms with van der Waals surface area (Å²) >= 11 is 0. The minimum absolute atomic E-state index is 0.0507. The third kappa shape index (κ3) is 3.45. The number of nitrogens with two attached hydrogens (primary N) is 1. The number of nitriles is 1. The Hall–Kier alpha value is -2.56. The molecule has 1 aromatic rings. The Bertz CT molecular complexity index is 726. The normalized spacial score (nSPS) is 24.2. The maximum absolute atomic E-state index is 12.8. The number of carbonyl (C=O) groups excluding carboxylic acids is 1. The van der Waals surface area contributed by atoms with E-state index in [0.29, 0.717) is 17.9 Å². The average Bonchev–Trinajstić information content (AvgIpc) is 2.62. The van der Waals surface area contributed by atoms with Crippen molar-refractivity contribution in [2.24, 2.45) is 5.73 Å². The molecule has 0 saturated carbocycles. The van der Waals surface area contributed by atoms with E-state index in [1.807, 2.05) is 12.1 Å². The molecular weight excluding hydrogens is 318 g/mol. The minimum Gasteiger partial charge on any atom is -0.370 e. The van der Waals surface area contributed by atoms with Gasteiger partial charge in [-0.25, -0.2) is 4.79 Å². The molecule has 132 valence electrons. The van der Waals surface area contributed by atoms with E-state index in [-0.39, 0.29) is 18.6 Å². The van der Waals surface area contributed by atoms with Gasteiger partial charge in [-0.05, 0) is 24.5 Å². The SMILES string of the molecule is CN1C(=O)N(Cc2ccccc2C#N)C(N2CCC[C@@H](N)C2)=CC1O. The van der Waals surface area contributed by atoms with Gasteiger partial charge in [0.15, 0.2) is 6.23 Å². The fourth-order valence-corrected chi connectivity index (χ4v) is 3.32. The Balaban J connectivity index is 1.94. The van der Waals surface area contributed by atoms with Crippen molar-refractivity contribution in [3.8, 4) is 6.07 Å². The van der Waals surface area contributed by atoms with Gasteiger partial charge in [0, 0.05) is 32.3 Å². The summed E-state index contributed by atoms with van der Waals surface area (Å²) in [5.74, 6) is 0.665. The number of nitrogens with zero attached hydrogens (tertiary/aromatic N) is 4. The summed E-state index contributed by atoms with van der Waals surface area (Å²) in [6.45, 7) is 1.71. The van der Waals surface area contributed by atoms with Crippen LogP contribution >= 0.6 is 0 Å². The highest BCUT2D eigenvalue weighted by Gasteiger charge is 2.34. The summed E-state index contributed by atoms with van der Waals surface area (Å²) in [6, 6.07) is 9.16. The third-order valence-corrected chi connectivity index (χ3v) is 4.75. The zero-order chi connectivity index (χ0) is 18.0. The Labute approximate surface area is 147 Å². The van der Waals surface area contributed by atoms with Crippen LogP contribution in [0.4, 0.5) is 4.79 Å². The largest absolute Gasteiger partial charge is 0.370 e. The van der Waals surface area contributed by atoms with Crippen LogP contribution in [0.3, 0.4) is 0 Å². The van der Waals surface area contributed by atoms with Crippen molar-refractivity contribution in [2.75, 3.05) is 20.1 Å². The third-order valence-electron chi connectivity index (χ3n) is 4.75. The Kier molecular flexibility index (Phi) is 4.93. The second-order valence-electron chi connectivity index (χ2n) is 6.54. The van der Waals surface area contributed by atoms with Crippen LogP contribution in [0.15, 0.2) is 36.2 Å². The molecular formula is C18H23N5O2. The molecule has 7 heteroatoms. The zero-order valence-electron chi connectivity index (χ0n) is 14.3. The second-order valence-corrected chi connectivity index (χ2v) is 6.54. The number of hydrogen-bond donors (Lipinski definition) is 2. The second kappa shape index (κ2) is 7.13.